The fourth-order valence-corrected chi connectivity index (χ4v) is 1.92. The van der Waals surface area contributed by atoms with Gasteiger partial charge in [-0.05, 0) is 12.8 Å². The molecule has 4 nitrogen and oxygen atoms in total. The Balaban J connectivity index is 4.34. The maximum atomic E-state index is 11.1. The van der Waals surface area contributed by atoms with Crippen molar-refractivity contribution in [3.05, 3.63) is 0 Å². The molecule has 0 unspecified atom stereocenters. The Morgan fingerprint density at radius 3 is 2.14 bits per heavy atom. The lowest BCUT2D eigenvalue weighted by Crippen LogP contribution is -2.39. The Kier molecular flexibility index (Phi) is 5.97. The van der Waals surface area contributed by atoms with Crippen molar-refractivity contribution in [1.82, 2.24) is 4.72 Å². The molecule has 86 valence electrons. The van der Waals surface area contributed by atoms with Crippen molar-refractivity contribution in [2.75, 3.05) is 18.4 Å². The van der Waals surface area contributed by atoms with Gasteiger partial charge in [-0.3, -0.25) is 0 Å². The van der Waals surface area contributed by atoms with Crippen molar-refractivity contribution in [1.29, 1.82) is 0 Å². The van der Waals surface area contributed by atoms with Crippen LogP contribution in [0.1, 0.15) is 26.7 Å². The number of alkyl halides is 1. The zero-order valence-electron chi connectivity index (χ0n) is 8.59. The van der Waals surface area contributed by atoms with Gasteiger partial charge in [-0.15, -0.1) is 11.6 Å². The maximum absolute atomic E-state index is 11.1. The van der Waals surface area contributed by atoms with E-state index >= 15 is 0 Å². The topological polar surface area (TPSA) is 66.4 Å². The monoisotopic (exact) mass is 243 g/mol. The van der Waals surface area contributed by atoms with E-state index in [9.17, 15) is 13.5 Å². The summed E-state index contributed by atoms with van der Waals surface area (Å²) in [5, 5.41) is 8.74. The number of rotatable bonds is 7. The van der Waals surface area contributed by atoms with Gasteiger partial charge in [0, 0.05) is 18.6 Å². The molecule has 2 N–H and O–H groups in total. The molecular formula is C8H18ClNO3S. The van der Waals surface area contributed by atoms with E-state index in [1.807, 2.05) is 13.8 Å². The van der Waals surface area contributed by atoms with Crippen LogP contribution in [0.25, 0.3) is 0 Å². The van der Waals surface area contributed by atoms with Crippen molar-refractivity contribution in [3.63, 3.8) is 0 Å². The molecule has 0 aromatic carbocycles. The summed E-state index contributed by atoms with van der Waals surface area (Å²) in [5.74, 6) is 0. The lowest BCUT2D eigenvalue weighted by Gasteiger charge is -2.29. The van der Waals surface area contributed by atoms with Crippen molar-refractivity contribution in [3.8, 4) is 0 Å². The number of halogens is 1. The normalized spacial score (nSPS) is 13.1. The van der Waals surface area contributed by atoms with Gasteiger partial charge in [-0.25, -0.2) is 13.1 Å². The van der Waals surface area contributed by atoms with E-state index < -0.39 is 15.2 Å². The summed E-state index contributed by atoms with van der Waals surface area (Å²) in [6.07, 6.45) is 1.45. The molecule has 0 rings (SSSR count). The summed E-state index contributed by atoms with van der Waals surface area (Å²) in [4.78, 5) is 0. The first-order valence-electron chi connectivity index (χ1n) is 4.59. The van der Waals surface area contributed by atoms with Gasteiger partial charge < -0.3 is 5.11 Å². The Hall–Kier alpha value is 0.160. The van der Waals surface area contributed by atoms with Crippen LogP contribution in [0.5, 0.6) is 0 Å². The first-order valence-corrected chi connectivity index (χ1v) is 6.78. The van der Waals surface area contributed by atoms with Gasteiger partial charge in [-0.2, -0.15) is 0 Å². The Bertz CT molecular complexity index is 241. The molecule has 0 radical (unpaired) electrons. The molecular weight excluding hydrogens is 226 g/mol. The first kappa shape index (κ1) is 14.2. The van der Waals surface area contributed by atoms with Crippen LogP contribution in [-0.2, 0) is 10.0 Å². The lowest BCUT2D eigenvalue weighted by molar-refractivity contribution is 0.119. The third-order valence-corrected chi connectivity index (χ3v) is 4.38. The quantitative estimate of drug-likeness (QED) is 0.653. The van der Waals surface area contributed by atoms with Gasteiger partial charge in [-0.1, -0.05) is 13.8 Å². The number of hydrogen-bond donors (Lipinski definition) is 2. The molecule has 0 aromatic rings. The number of aliphatic hydroxyl groups is 1. The summed E-state index contributed by atoms with van der Waals surface area (Å²) in [7, 11) is -3.38. The SMILES string of the molecule is CCC(CC)(CO)CNS(=O)(=O)CCl. The van der Waals surface area contributed by atoms with E-state index in [4.69, 9.17) is 11.6 Å². The summed E-state index contributed by atoms with van der Waals surface area (Å²) in [6.45, 7) is 4.07. The highest BCUT2D eigenvalue weighted by molar-refractivity contribution is 7.90. The zero-order valence-corrected chi connectivity index (χ0v) is 10.2. The third-order valence-electron chi connectivity index (χ3n) is 2.65. The van der Waals surface area contributed by atoms with E-state index in [-0.39, 0.29) is 18.6 Å². The van der Waals surface area contributed by atoms with Crippen LogP contribution in [0.3, 0.4) is 0 Å². The van der Waals surface area contributed by atoms with Crippen molar-refractivity contribution in [2.45, 2.75) is 26.7 Å². The van der Waals surface area contributed by atoms with E-state index in [2.05, 4.69) is 4.72 Å². The van der Waals surface area contributed by atoms with Crippen LogP contribution in [-0.4, -0.2) is 31.9 Å². The van der Waals surface area contributed by atoms with Crippen molar-refractivity contribution < 1.29 is 13.5 Å². The van der Waals surface area contributed by atoms with Crippen LogP contribution < -0.4 is 4.72 Å². The Labute approximate surface area is 90.7 Å². The molecule has 14 heavy (non-hydrogen) atoms. The number of nitrogens with one attached hydrogen (secondary N) is 1. The standard InChI is InChI=1S/C8H18ClNO3S/c1-3-8(4-2,6-11)5-10-14(12,13)7-9/h10-11H,3-7H2,1-2H3. The van der Waals surface area contributed by atoms with E-state index in [1.54, 1.807) is 0 Å². The van der Waals surface area contributed by atoms with E-state index in [0.29, 0.717) is 0 Å². The summed E-state index contributed by atoms with van der Waals surface area (Å²) in [6, 6.07) is 0. The summed E-state index contributed by atoms with van der Waals surface area (Å²) in [5.41, 5.74) is -0.362. The largest absolute Gasteiger partial charge is 0.396 e. The van der Waals surface area contributed by atoms with Gasteiger partial charge >= 0.3 is 0 Å². The molecule has 0 heterocycles. The second-order valence-electron chi connectivity index (χ2n) is 3.41. The van der Waals surface area contributed by atoms with Gasteiger partial charge in [0.2, 0.25) is 10.0 Å². The molecule has 0 aromatic heterocycles. The number of aliphatic hydroxyl groups excluding tert-OH is 1. The van der Waals surface area contributed by atoms with Gasteiger partial charge in [0.1, 0.15) is 5.21 Å². The minimum Gasteiger partial charge on any atom is -0.396 e. The first-order chi connectivity index (χ1) is 6.45. The molecule has 0 saturated heterocycles. The second-order valence-corrected chi connectivity index (χ2v) is 5.80. The molecule has 0 aliphatic carbocycles. The predicted octanol–water partition coefficient (Wildman–Crippen LogP) is 0.901. The minimum atomic E-state index is -3.38. The second kappa shape index (κ2) is 5.90. The average molecular weight is 244 g/mol. The van der Waals surface area contributed by atoms with E-state index in [1.165, 1.54) is 0 Å². The van der Waals surface area contributed by atoms with Crippen LogP contribution >= 0.6 is 11.6 Å². The minimum absolute atomic E-state index is 0.0230. The molecule has 0 saturated carbocycles. The average Bonchev–Trinajstić information content (AvgIpc) is 2.21. The predicted molar refractivity (Wildman–Crippen MR) is 57.7 cm³/mol. The summed E-state index contributed by atoms with van der Waals surface area (Å²) >= 11 is 5.24. The van der Waals surface area contributed by atoms with Gasteiger partial charge in [0.25, 0.3) is 0 Å². The molecule has 0 spiro atoms. The van der Waals surface area contributed by atoms with Crippen molar-refractivity contribution >= 4 is 21.6 Å². The molecule has 0 amide bonds. The van der Waals surface area contributed by atoms with Crippen LogP contribution in [0, 0.1) is 5.41 Å². The fourth-order valence-electron chi connectivity index (χ4n) is 1.08. The van der Waals surface area contributed by atoms with Gasteiger partial charge in [0.05, 0.1) is 0 Å². The molecule has 6 heteroatoms. The lowest BCUT2D eigenvalue weighted by atomic mass is 9.84. The highest BCUT2D eigenvalue weighted by Crippen LogP contribution is 2.24. The van der Waals surface area contributed by atoms with Crippen LogP contribution in [0.2, 0.25) is 0 Å². The Morgan fingerprint density at radius 1 is 1.36 bits per heavy atom. The smallest absolute Gasteiger partial charge is 0.225 e. The number of sulfonamides is 1. The molecule has 0 aliphatic rings. The van der Waals surface area contributed by atoms with Crippen LogP contribution in [0.4, 0.5) is 0 Å². The van der Waals surface area contributed by atoms with Gasteiger partial charge in [0.15, 0.2) is 0 Å². The summed E-state index contributed by atoms with van der Waals surface area (Å²) < 4.78 is 24.5. The molecule has 0 aliphatic heterocycles. The number of hydrogen-bond acceptors (Lipinski definition) is 3. The van der Waals surface area contributed by atoms with Crippen molar-refractivity contribution in [2.24, 2.45) is 5.41 Å². The highest BCUT2D eigenvalue weighted by Gasteiger charge is 2.26. The Morgan fingerprint density at radius 2 is 1.86 bits per heavy atom. The molecule has 0 fully saturated rings. The highest BCUT2D eigenvalue weighted by atomic mass is 35.5. The molecule has 0 atom stereocenters. The molecule has 0 bridgehead atoms. The third kappa shape index (κ3) is 4.13. The van der Waals surface area contributed by atoms with E-state index in [0.717, 1.165) is 12.8 Å². The fraction of sp³-hybridized carbons (Fsp3) is 1.00. The van der Waals surface area contributed by atoms with Crippen LogP contribution in [0.15, 0.2) is 0 Å². The zero-order chi connectivity index (χ0) is 11.2. The maximum Gasteiger partial charge on any atom is 0.225 e.